The van der Waals surface area contributed by atoms with E-state index in [2.05, 4.69) is 0 Å². The Bertz CT molecular complexity index is 525. The Morgan fingerprint density at radius 1 is 1.21 bits per heavy atom. The van der Waals surface area contributed by atoms with E-state index < -0.39 is 5.41 Å². The van der Waals surface area contributed by atoms with Crippen LogP contribution in [0, 0.1) is 16.7 Å². The maximum atomic E-state index is 12.1. The molecular weight excluding hydrogens is 236 g/mol. The van der Waals surface area contributed by atoms with E-state index in [1.165, 1.54) is 0 Å². The number of nitrogens with zero attached hydrogens (tertiary/aromatic N) is 2. The zero-order valence-electron chi connectivity index (χ0n) is 12.2. The van der Waals surface area contributed by atoms with Crippen LogP contribution in [0.15, 0.2) is 29.8 Å². The number of rotatable bonds is 3. The van der Waals surface area contributed by atoms with Gasteiger partial charge in [-0.05, 0) is 23.8 Å². The van der Waals surface area contributed by atoms with Gasteiger partial charge in [0.1, 0.15) is 6.07 Å². The third-order valence-corrected chi connectivity index (χ3v) is 2.77. The number of carbonyl (C=O) groups excluding carboxylic acids is 1. The molecule has 0 aliphatic carbocycles. The van der Waals surface area contributed by atoms with Crippen LogP contribution < -0.4 is 4.90 Å². The molecule has 0 saturated carbocycles. The van der Waals surface area contributed by atoms with E-state index in [0.29, 0.717) is 0 Å². The van der Waals surface area contributed by atoms with E-state index in [4.69, 9.17) is 5.26 Å². The third-order valence-electron chi connectivity index (χ3n) is 2.77. The van der Waals surface area contributed by atoms with E-state index >= 15 is 0 Å². The van der Waals surface area contributed by atoms with Gasteiger partial charge in [0.25, 0.3) is 0 Å². The van der Waals surface area contributed by atoms with E-state index in [1.54, 1.807) is 6.08 Å². The number of anilines is 1. The number of hydrogen-bond donors (Lipinski definition) is 0. The van der Waals surface area contributed by atoms with E-state index in [-0.39, 0.29) is 11.4 Å². The third kappa shape index (κ3) is 3.96. The second-order valence-corrected chi connectivity index (χ2v) is 5.73. The molecule has 3 heteroatoms. The molecule has 1 aromatic carbocycles. The predicted octanol–water partition coefficient (Wildman–Crippen LogP) is 3.27. The largest absolute Gasteiger partial charge is 0.378 e. The molecule has 1 rings (SSSR count). The summed E-state index contributed by atoms with van der Waals surface area (Å²) >= 11 is 0. The molecule has 0 radical (unpaired) electrons. The minimum Gasteiger partial charge on any atom is -0.378 e. The molecule has 0 aliphatic rings. The molecule has 3 nitrogen and oxygen atoms in total. The quantitative estimate of drug-likeness (QED) is 0.616. The molecule has 0 saturated heterocycles. The van der Waals surface area contributed by atoms with Crippen molar-refractivity contribution in [2.45, 2.75) is 20.8 Å². The van der Waals surface area contributed by atoms with E-state index in [9.17, 15) is 4.79 Å². The summed E-state index contributed by atoms with van der Waals surface area (Å²) in [5, 5.41) is 9.12. The highest BCUT2D eigenvalue weighted by Gasteiger charge is 2.24. The monoisotopic (exact) mass is 256 g/mol. The summed E-state index contributed by atoms with van der Waals surface area (Å²) in [6, 6.07) is 9.73. The molecule has 0 spiro atoms. The average molecular weight is 256 g/mol. The number of carbonyl (C=O) groups is 1. The Morgan fingerprint density at radius 3 is 2.11 bits per heavy atom. The van der Waals surface area contributed by atoms with Crippen LogP contribution in [0.5, 0.6) is 0 Å². The van der Waals surface area contributed by atoms with Gasteiger partial charge < -0.3 is 4.90 Å². The standard InChI is InChI=1S/C16H20N2O/c1-16(2,3)15(19)13(11-17)10-12-6-8-14(9-7-12)18(4)5/h6-10H,1-5H3/b13-10-. The molecule has 0 bridgehead atoms. The van der Waals surface area contributed by atoms with Crippen LogP contribution in [0.1, 0.15) is 26.3 Å². The van der Waals surface area contributed by atoms with Crippen molar-refractivity contribution in [3.63, 3.8) is 0 Å². The number of allylic oxidation sites excluding steroid dienone is 1. The molecule has 0 N–H and O–H groups in total. The maximum Gasteiger partial charge on any atom is 0.178 e. The highest BCUT2D eigenvalue weighted by atomic mass is 16.1. The predicted molar refractivity (Wildman–Crippen MR) is 78.8 cm³/mol. The van der Waals surface area contributed by atoms with Crippen LogP contribution >= 0.6 is 0 Å². The summed E-state index contributed by atoms with van der Waals surface area (Å²) in [6.45, 7) is 5.45. The summed E-state index contributed by atoms with van der Waals surface area (Å²) in [7, 11) is 3.93. The maximum absolute atomic E-state index is 12.1. The molecule has 0 heterocycles. The summed E-state index contributed by atoms with van der Waals surface area (Å²) < 4.78 is 0. The summed E-state index contributed by atoms with van der Waals surface area (Å²) in [4.78, 5) is 14.1. The van der Waals surface area contributed by atoms with Gasteiger partial charge in [-0.3, -0.25) is 4.79 Å². The highest BCUT2D eigenvalue weighted by Crippen LogP contribution is 2.22. The van der Waals surface area contributed by atoms with Crippen molar-refractivity contribution in [1.82, 2.24) is 0 Å². The van der Waals surface area contributed by atoms with Crippen LogP contribution in [0.25, 0.3) is 6.08 Å². The van der Waals surface area contributed by atoms with Gasteiger partial charge in [-0.25, -0.2) is 0 Å². The van der Waals surface area contributed by atoms with E-state index in [0.717, 1.165) is 11.3 Å². The van der Waals surface area contributed by atoms with Gasteiger partial charge in [0, 0.05) is 25.2 Å². The van der Waals surface area contributed by atoms with Gasteiger partial charge in [0.05, 0.1) is 5.57 Å². The van der Waals surface area contributed by atoms with Gasteiger partial charge in [-0.15, -0.1) is 0 Å². The summed E-state index contributed by atoms with van der Waals surface area (Å²) in [6.07, 6.45) is 1.65. The van der Waals surface area contributed by atoms with Gasteiger partial charge in [0.2, 0.25) is 0 Å². The smallest absolute Gasteiger partial charge is 0.178 e. The fraction of sp³-hybridized carbons (Fsp3) is 0.375. The van der Waals surface area contributed by atoms with Crippen LogP contribution in [0.3, 0.4) is 0 Å². The lowest BCUT2D eigenvalue weighted by atomic mass is 9.86. The Morgan fingerprint density at radius 2 is 1.74 bits per heavy atom. The topological polar surface area (TPSA) is 44.1 Å². The number of benzene rings is 1. The lowest BCUT2D eigenvalue weighted by molar-refractivity contribution is -0.121. The molecule has 0 amide bonds. The molecule has 0 fully saturated rings. The Balaban J connectivity index is 3.06. The molecule has 0 unspecified atom stereocenters. The lowest BCUT2D eigenvalue weighted by Crippen LogP contribution is -2.21. The zero-order chi connectivity index (χ0) is 14.6. The molecule has 0 aliphatic heterocycles. The lowest BCUT2D eigenvalue weighted by Gasteiger charge is -2.15. The minimum atomic E-state index is -0.537. The molecular formula is C16H20N2O. The average Bonchev–Trinajstić information content (AvgIpc) is 2.34. The van der Waals surface area contributed by atoms with Crippen molar-refractivity contribution in [2.75, 3.05) is 19.0 Å². The second kappa shape index (κ2) is 5.71. The minimum absolute atomic E-state index is 0.133. The first kappa shape index (κ1) is 15.0. The zero-order valence-corrected chi connectivity index (χ0v) is 12.2. The molecule has 19 heavy (non-hydrogen) atoms. The SMILES string of the molecule is CN(C)c1ccc(/C=C(/C#N)C(=O)C(C)(C)C)cc1. The number of hydrogen-bond acceptors (Lipinski definition) is 3. The van der Waals surface area contributed by atoms with Crippen LogP contribution in [-0.4, -0.2) is 19.9 Å². The Kier molecular flexibility index (Phi) is 4.50. The number of ketones is 1. The van der Waals surface area contributed by atoms with Crippen molar-refractivity contribution in [1.29, 1.82) is 5.26 Å². The highest BCUT2D eigenvalue weighted by molar-refractivity contribution is 6.06. The first-order valence-electron chi connectivity index (χ1n) is 6.19. The van der Waals surface area contributed by atoms with Crippen molar-refractivity contribution < 1.29 is 4.79 Å². The van der Waals surface area contributed by atoms with Crippen molar-refractivity contribution in [2.24, 2.45) is 5.41 Å². The molecule has 0 atom stereocenters. The number of Topliss-reactive ketones (excluding diaryl/α,β-unsaturated/α-hetero) is 1. The second-order valence-electron chi connectivity index (χ2n) is 5.73. The van der Waals surface area contributed by atoms with Gasteiger partial charge in [-0.2, -0.15) is 5.26 Å². The van der Waals surface area contributed by atoms with Crippen LogP contribution in [0.4, 0.5) is 5.69 Å². The molecule has 0 aromatic heterocycles. The van der Waals surface area contributed by atoms with Crippen molar-refractivity contribution in [3.8, 4) is 6.07 Å². The molecule has 1 aromatic rings. The first-order chi connectivity index (χ1) is 8.75. The fourth-order valence-electron chi connectivity index (χ4n) is 1.59. The summed E-state index contributed by atoms with van der Waals surface area (Å²) in [5.41, 5.74) is 1.60. The van der Waals surface area contributed by atoms with Crippen molar-refractivity contribution in [3.05, 3.63) is 35.4 Å². The van der Waals surface area contributed by atoms with Gasteiger partial charge in [-0.1, -0.05) is 32.9 Å². The molecule has 100 valence electrons. The Hall–Kier alpha value is -2.08. The normalized spacial score (nSPS) is 11.9. The van der Waals surface area contributed by atoms with Crippen LogP contribution in [-0.2, 0) is 4.79 Å². The summed E-state index contributed by atoms with van der Waals surface area (Å²) in [5.74, 6) is -0.133. The number of nitriles is 1. The Labute approximate surface area is 115 Å². The first-order valence-corrected chi connectivity index (χ1v) is 6.19. The van der Waals surface area contributed by atoms with Gasteiger partial charge in [0.15, 0.2) is 5.78 Å². The van der Waals surface area contributed by atoms with E-state index in [1.807, 2.05) is 70.1 Å². The van der Waals surface area contributed by atoms with Gasteiger partial charge >= 0.3 is 0 Å². The van der Waals surface area contributed by atoms with Crippen molar-refractivity contribution >= 4 is 17.5 Å². The van der Waals surface area contributed by atoms with Crippen LogP contribution in [0.2, 0.25) is 0 Å². The fourth-order valence-corrected chi connectivity index (χ4v) is 1.59.